The fraction of sp³-hybridized carbons (Fsp3) is 0.357. The van der Waals surface area contributed by atoms with E-state index in [9.17, 15) is 4.79 Å². The van der Waals surface area contributed by atoms with Crippen molar-refractivity contribution in [2.45, 2.75) is 25.8 Å². The Labute approximate surface area is 120 Å². The second-order valence-corrected chi connectivity index (χ2v) is 5.45. The molecule has 0 aliphatic carbocycles. The molecule has 1 aromatic heterocycles. The lowest BCUT2D eigenvalue weighted by Gasteiger charge is -2.13. The van der Waals surface area contributed by atoms with E-state index in [0.717, 1.165) is 27.4 Å². The van der Waals surface area contributed by atoms with Crippen LogP contribution in [0.5, 0.6) is 0 Å². The number of halogens is 1. The molecule has 2 aromatic rings. The molecule has 0 aliphatic heterocycles. The van der Waals surface area contributed by atoms with Crippen LogP contribution in [0.25, 0.3) is 10.9 Å². The Morgan fingerprint density at radius 2 is 2.32 bits per heavy atom. The molecule has 1 aromatic carbocycles. The van der Waals surface area contributed by atoms with Crippen molar-refractivity contribution >= 4 is 32.7 Å². The summed E-state index contributed by atoms with van der Waals surface area (Å²) < 4.78 is 1.00. The Kier molecular flexibility index (Phi) is 4.61. The molecule has 0 saturated heterocycles. The molecular formula is C14H17BrN2O2. The monoisotopic (exact) mass is 324 g/mol. The molecule has 3 N–H and O–H groups in total. The maximum atomic E-state index is 11.9. The number of aromatic nitrogens is 1. The summed E-state index contributed by atoms with van der Waals surface area (Å²) in [5, 5.41) is 12.9. The standard InChI is InChI=1S/C14H17BrN2O2/c1-2-11(8-18)17-14(19)5-9-7-16-13-6-10(15)3-4-12(9)13/h3-4,6-7,11,16,18H,2,5,8H2,1H3,(H,17,19). The van der Waals surface area contributed by atoms with Gasteiger partial charge in [0.25, 0.3) is 0 Å². The molecule has 1 heterocycles. The number of carbonyl (C=O) groups is 1. The summed E-state index contributed by atoms with van der Waals surface area (Å²) >= 11 is 3.42. The summed E-state index contributed by atoms with van der Waals surface area (Å²) in [4.78, 5) is 15.1. The number of aliphatic hydroxyl groups excluding tert-OH is 1. The largest absolute Gasteiger partial charge is 0.394 e. The van der Waals surface area contributed by atoms with Crippen LogP contribution in [0.2, 0.25) is 0 Å². The van der Waals surface area contributed by atoms with Crippen molar-refractivity contribution in [1.82, 2.24) is 10.3 Å². The number of H-pyrrole nitrogens is 1. The maximum Gasteiger partial charge on any atom is 0.224 e. The number of aliphatic hydroxyl groups is 1. The van der Waals surface area contributed by atoms with E-state index in [-0.39, 0.29) is 18.6 Å². The van der Waals surface area contributed by atoms with Crippen LogP contribution in [0.3, 0.4) is 0 Å². The molecule has 4 nitrogen and oxygen atoms in total. The predicted octanol–water partition coefficient (Wildman–Crippen LogP) is 2.36. The zero-order valence-electron chi connectivity index (χ0n) is 10.7. The van der Waals surface area contributed by atoms with Crippen molar-refractivity contribution in [2.75, 3.05) is 6.61 Å². The van der Waals surface area contributed by atoms with Gasteiger partial charge in [0.15, 0.2) is 0 Å². The average Bonchev–Trinajstić information content (AvgIpc) is 2.78. The number of hydrogen-bond donors (Lipinski definition) is 3. The van der Waals surface area contributed by atoms with E-state index >= 15 is 0 Å². The van der Waals surface area contributed by atoms with Crippen LogP contribution in [-0.4, -0.2) is 28.6 Å². The summed E-state index contributed by atoms with van der Waals surface area (Å²) in [6.45, 7) is 1.91. The van der Waals surface area contributed by atoms with Gasteiger partial charge in [-0.1, -0.05) is 28.9 Å². The van der Waals surface area contributed by atoms with E-state index in [2.05, 4.69) is 26.2 Å². The molecule has 0 radical (unpaired) electrons. The van der Waals surface area contributed by atoms with Gasteiger partial charge in [0.1, 0.15) is 0 Å². The predicted molar refractivity (Wildman–Crippen MR) is 79.0 cm³/mol. The SMILES string of the molecule is CCC(CO)NC(=O)Cc1c[nH]c2cc(Br)ccc12. The van der Waals surface area contributed by atoms with Crippen molar-refractivity contribution in [3.63, 3.8) is 0 Å². The molecule has 2 rings (SSSR count). The molecule has 5 heteroatoms. The Morgan fingerprint density at radius 1 is 1.53 bits per heavy atom. The van der Waals surface area contributed by atoms with E-state index in [1.807, 2.05) is 31.3 Å². The van der Waals surface area contributed by atoms with E-state index in [1.54, 1.807) is 0 Å². The second kappa shape index (κ2) is 6.21. The fourth-order valence-electron chi connectivity index (χ4n) is 2.03. The smallest absolute Gasteiger partial charge is 0.224 e. The number of carbonyl (C=O) groups excluding carboxylic acids is 1. The highest BCUT2D eigenvalue weighted by Crippen LogP contribution is 2.22. The quantitative estimate of drug-likeness (QED) is 0.790. The van der Waals surface area contributed by atoms with Gasteiger partial charge in [-0.05, 0) is 24.1 Å². The molecule has 0 bridgehead atoms. The molecule has 0 spiro atoms. The van der Waals surface area contributed by atoms with Gasteiger partial charge < -0.3 is 15.4 Å². The Balaban J connectivity index is 2.11. The fourth-order valence-corrected chi connectivity index (χ4v) is 2.39. The van der Waals surface area contributed by atoms with Crippen molar-refractivity contribution in [2.24, 2.45) is 0 Å². The summed E-state index contributed by atoms with van der Waals surface area (Å²) in [7, 11) is 0. The van der Waals surface area contributed by atoms with Crippen LogP contribution in [0.1, 0.15) is 18.9 Å². The van der Waals surface area contributed by atoms with Crippen LogP contribution in [0, 0.1) is 0 Å². The van der Waals surface area contributed by atoms with Gasteiger partial charge in [-0.15, -0.1) is 0 Å². The van der Waals surface area contributed by atoms with E-state index < -0.39 is 0 Å². The van der Waals surface area contributed by atoms with Crippen molar-refractivity contribution in [3.05, 3.63) is 34.4 Å². The maximum absolute atomic E-state index is 11.9. The lowest BCUT2D eigenvalue weighted by Crippen LogP contribution is -2.37. The minimum atomic E-state index is -0.160. The third-order valence-corrected chi connectivity index (χ3v) is 3.65. The Hall–Kier alpha value is -1.33. The van der Waals surface area contributed by atoms with Gasteiger partial charge in [0.2, 0.25) is 5.91 Å². The number of rotatable bonds is 5. The highest BCUT2D eigenvalue weighted by Gasteiger charge is 2.12. The Bertz CT molecular complexity index is 576. The first-order valence-electron chi connectivity index (χ1n) is 6.29. The molecule has 0 aliphatic rings. The van der Waals surface area contributed by atoms with Crippen LogP contribution in [-0.2, 0) is 11.2 Å². The van der Waals surface area contributed by atoms with Crippen LogP contribution < -0.4 is 5.32 Å². The molecule has 19 heavy (non-hydrogen) atoms. The number of amides is 1. The lowest BCUT2D eigenvalue weighted by molar-refractivity contribution is -0.121. The van der Waals surface area contributed by atoms with Crippen molar-refractivity contribution in [3.8, 4) is 0 Å². The first-order chi connectivity index (χ1) is 9.13. The summed E-state index contributed by atoms with van der Waals surface area (Å²) in [5.74, 6) is -0.0651. The second-order valence-electron chi connectivity index (χ2n) is 4.54. The highest BCUT2D eigenvalue weighted by molar-refractivity contribution is 9.10. The van der Waals surface area contributed by atoms with Gasteiger partial charge in [0.05, 0.1) is 19.1 Å². The molecule has 1 unspecified atom stereocenters. The molecule has 0 saturated carbocycles. The topological polar surface area (TPSA) is 65.1 Å². The van der Waals surface area contributed by atoms with Gasteiger partial charge in [-0.3, -0.25) is 4.79 Å². The van der Waals surface area contributed by atoms with Gasteiger partial charge in [-0.25, -0.2) is 0 Å². The van der Waals surface area contributed by atoms with Crippen LogP contribution in [0.15, 0.2) is 28.9 Å². The lowest BCUT2D eigenvalue weighted by atomic mass is 10.1. The average molecular weight is 325 g/mol. The number of benzene rings is 1. The first-order valence-corrected chi connectivity index (χ1v) is 7.09. The van der Waals surface area contributed by atoms with Gasteiger partial charge in [0, 0.05) is 21.6 Å². The first kappa shape index (κ1) is 14.1. The third-order valence-electron chi connectivity index (χ3n) is 3.16. The molecular weight excluding hydrogens is 308 g/mol. The van der Waals surface area contributed by atoms with Crippen molar-refractivity contribution < 1.29 is 9.90 Å². The van der Waals surface area contributed by atoms with Crippen LogP contribution in [0.4, 0.5) is 0 Å². The van der Waals surface area contributed by atoms with E-state index in [0.29, 0.717) is 6.42 Å². The third kappa shape index (κ3) is 3.36. The number of hydrogen-bond acceptors (Lipinski definition) is 2. The minimum Gasteiger partial charge on any atom is -0.394 e. The van der Waals surface area contributed by atoms with Crippen LogP contribution >= 0.6 is 15.9 Å². The number of aromatic amines is 1. The number of fused-ring (bicyclic) bond motifs is 1. The van der Waals surface area contributed by atoms with E-state index in [4.69, 9.17) is 5.11 Å². The zero-order valence-corrected chi connectivity index (χ0v) is 12.3. The van der Waals surface area contributed by atoms with Gasteiger partial charge in [-0.2, -0.15) is 0 Å². The number of nitrogens with one attached hydrogen (secondary N) is 2. The van der Waals surface area contributed by atoms with E-state index in [1.165, 1.54) is 0 Å². The summed E-state index contributed by atoms with van der Waals surface area (Å²) in [6, 6.07) is 5.77. The molecule has 102 valence electrons. The summed E-state index contributed by atoms with van der Waals surface area (Å²) in [5.41, 5.74) is 1.97. The minimum absolute atomic E-state index is 0.0247. The molecule has 1 amide bonds. The summed E-state index contributed by atoms with van der Waals surface area (Å²) in [6.07, 6.45) is 2.90. The van der Waals surface area contributed by atoms with Gasteiger partial charge >= 0.3 is 0 Å². The Morgan fingerprint density at radius 3 is 3.00 bits per heavy atom. The molecule has 0 fully saturated rings. The van der Waals surface area contributed by atoms with Crippen molar-refractivity contribution in [1.29, 1.82) is 0 Å². The zero-order chi connectivity index (χ0) is 13.8. The normalized spacial score (nSPS) is 12.6. The molecule has 1 atom stereocenters. The highest BCUT2D eigenvalue weighted by atomic mass is 79.9.